The standard InChI is InChI=1S/C17H22N4O2S/c1-3-21(4-2)11-9-18-15(22)16(23)20-14-7-5-13(6-8-14)17-19-10-12-24-17/h5-8,10,12H,3-4,9,11H2,1-2H3,(H,18,22)(H,20,23). The van der Waals surface area contributed by atoms with Crippen LogP contribution in [0.15, 0.2) is 35.8 Å². The summed E-state index contributed by atoms with van der Waals surface area (Å²) in [7, 11) is 0. The number of amides is 2. The molecule has 2 N–H and O–H groups in total. The van der Waals surface area contributed by atoms with E-state index in [1.54, 1.807) is 29.7 Å². The number of rotatable bonds is 7. The summed E-state index contributed by atoms with van der Waals surface area (Å²) < 4.78 is 0. The molecule has 2 amide bonds. The number of hydrogen-bond donors (Lipinski definition) is 2. The minimum Gasteiger partial charge on any atom is -0.347 e. The number of likely N-dealkylation sites (N-methyl/N-ethyl adjacent to an activating group) is 1. The first-order chi connectivity index (χ1) is 11.6. The first kappa shape index (κ1) is 18.1. The van der Waals surface area contributed by atoms with Gasteiger partial charge in [-0.05, 0) is 37.4 Å². The van der Waals surface area contributed by atoms with E-state index in [1.165, 1.54) is 0 Å². The van der Waals surface area contributed by atoms with Gasteiger partial charge in [-0.15, -0.1) is 11.3 Å². The Kier molecular flexibility index (Phi) is 6.89. The SMILES string of the molecule is CCN(CC)CCNC(=O)C(=O)Nc1ccc(-c2nccs2)cc1. The van der Waals surface area contributed by atoms with E-state index in [2.05, 4.69) is 34.4 Å². The van der Waals surface area contributed by atoms with E-state index in [4.69, 9.17) is 0 Å². The predicted octanol–water partition coefficient (Wildman–Crippen LogP) is 2.21. The van der Waals surface area contributed by atoms with Gasteiger partial charge in [0.25, 0.3) is 0 Å². The molecule has 2 rings (SSSR count). The maximum absolute atomic E-state index is 11.9. The minimum absolute atomic E-state index is 0.455. The Bertz CT molecular complexity index is 652. The monoisotopic (exact) mass is 346 g/mol. The van der Waals surface area contributed by atoms with Gasteiger partial charge in [0.1, 0.15) is 5.01 Å². The fourth-order valence-corrected chi connectivity index (χ4v) is 2.84. The summed E-state index contributed by atoms with van der Waals surface area (Å²) >= 11 is 1.55. The molecular weight excluding hydrogens is 324 g/mol. The molecule has 0 radical (unpaired) electrons. The van der Waals surface area contributed by atoms with Crippen LogP contribution in [0.5, 0.6) is 0 Å². The Morgan fingerprint density at radius 3 is 2.42 bits per heavy atom. The van der Waals surface area contributed by atoms with Crippen molar-refractivity contribution in [2.24, 2.45) is 0 Å². The summed E-state index contributed by atoms with van der Waals surface area (Å²) in [4.78, 5) is 30.1. The van der Waals surface area contributed by atoms with Crippen LogP contribution in [-0.2, 0) is 9.59 Å². The zero-order valence-corrected chi connectivity index (χ0v) is 14.7. The minimum atomic E-state index is -0.656. The molecule has 0 spiro atoms. The normalized spacial score (nSPS) is 10.6. The summed E-state index contributed by atoms with van der Waals surface area (Å²) in [5.74, 6) is -1.28. The highest BCUT2D eigenvalue weighted by Crippen LogP contribution is 2.23. The molecule has 0 bridgehead atoms. The van der Waals surface area contributed by atoms with Gasteiger partial charge >= 0.3 is 11.8 Å². The molecule has 7 heteroatoms. The van der Waals surface area contributed by atoms with Gasteiger partial charge in [-0.3, -0.25) is 9.59 Å². The molecule has 0 aliphatic rings. The van der Waals surface area contributed by atoms with Crippen molar-refractivity contribution in [3.05, 3.63) is 35.8 Å². The quantitative estimate of drug-likeness (QED) is 0.754. The highest BCUT2D eigenvalue weighted by Gasteiger charge is 2.13. The first-order valence-electron chi connectivity index (χ1n) is 7.95. The van der Waals surface area contributed by atoms with Crippen LogP contribution in [0.1, 0.15) is 13.8 Å². The molecule has 0 saturated carbocycles. The molecule has 0 saturated heterocycles. The van der Waals surface area contributed by atoms with E-state index in [1.807, 2.05) is 17.5 Å². The number of anilines is 1. The van der Waals surface area contributed by atoms with Crippen molar-refractivity contribution in [1.29, 1.82) is 0 Å². The lowest BCUT2D eigenvalue weighted by molar-refractivity contribution is -0.136. The van der Waals surface area contributed by atoms with Crippen molar-refractivity contribution in [3.63, 3.8) is 0 Å². The molecule has 0 unspecified atom stereocenters. The number of nitrogens with zero attached hydrogens (tertiary/aromatic N) is 2. The van der Waals surface area contributed by atoms with Crippen LogP contribution in [0.25, 0.3) is 10.6 Å². The summed E-state index contributed by atoms with van der Waals surface area (Å²) in [6.45, 7) is 7.15. The molecule has 2 aromatic rings. The smallest absolute Gasteiger partial charge is 0.313 e. The fourth-order valence-electron chi connectivity index (χ4n) is 2.20. The number of thiazole rings is 1. The maximum Gasteiger partial charge on any atom is 0.313 e. The Balaban J connectivity index is 1.82. The van der Waals surface area contributed by atoms with Crippen LogP contribution in [0.4, 0.5) is 5.69 Å². The number of carbonyl (C=O) groups is 2. The molecule has 6 nitrogen and oxygen atoms in total. The van der Waals surface area contributed by atoms with E-state index in [0.29, 0.717) is 12.2 Å². The third-order valence-electron chi connectivity index (χ3n) is 3.64. The molecule has 0 atom stereocenters. The summed E-state index contributed by atoms with van der Waals surface area (Å²) in [6, 6.07) is 7.26. The topological polar surface area (TPSA) is 74.3 Å². The second-order valence-electron chi connectivity index (χ2n) is 5.15. The second kappa shape index (κ2) is 9.14. The van der Waals surface area contributed by atoms with Gasteiger partial charge in [0.05, 0.1) is 0 Å². The van der Waals surface area contributed by atoms with Crippen molar-refractivity contribution in [2.45, 2.75) is 13.8 Å². The van der Waals surface area contributed by atoms with Crippen LogP contribution in [-0.4, -0.2) is 47.9 Å². The molecule has 0 aliphatic heterocycles. The number of nitrogens with one attached hydrogen (secondary N) is 2. The molecule has 0 fully saturated rings. The van der Waals surface area contributed by atoms with Gasteiger partial charge in [-0.25, -0.2) is 4.98 Å². The van der Waals surface area contributed by atoms with E-state index in [0.717, 1.165) is 30.2 Å². The van der Waals surface area contributed by atoms with Crippen LogP contribution >= 0.6 is 11.3 Å². The van der Waals surface area contributed by atoms with Gasteiger partial charge < -0.3 is 15.5 Å². The predicted molar refractivity (Wildman–Crippen MR) is 97.0 cm³/mol. The first-order valence-corrected chi connectivity index (χ1v) is 8.83. The van der Waals surface area contributed by atoms with E-state index in [9.17, 15) is 9.59 Å². The molecule has 0 aliphatic carbocycles. The molecular formula is C17H22N4O2S. The van der Waals surface area contributed by atoms with Crippen LogP contribution in [0.2, 0.25) is 0 Å². The lowest BCUT2D eigenvalue weighted by Gasteiger charge is -2.17. The van der Waals surface area contributed by atoms with Gasteiger partial charge in [0, 0.05) is 35.9 Å². The Labute approximate surface area is 145 Å². The maximum atomic E-state index is 11.9. The second-order valence-corrected chi connectivity index (χ2v) is 6.05. The lowest BCUT2D eigenvalue weighted by atomic mass is 10.2. The number of benzene rings is 1. The zero-order valence-electron chi connectivity index (χ0n) is 13.9. The number of carbonyl (C=O) groups excluding carboxylic acids is 2. The van der Waals surface area contributed by atoms with Crippen LogP contribution in [0.3, 0.4) is 0 Å². The fraction of sp³-hybridized carbons (Fsp3) is 0.353. The van der Waals surface area contributed by atoms with Crippen molar-refractivity contribution in [2.75, 3.05) is 31.5 Å². The average Bonchev–Trinajstić information content (AvgIpc) is 3.13. The van der Waals surface area contributed by atoms with Gasteiger partial charge in [-0.1, -0.05) is 13.8 Å². The summed E-state index contributed by atoms with van der Waals surface area (Å²) in [5, 5.41) is 8.06. The number of hydrogen-bond acceptors (Lipinski definition) is 5. The molecule has 128 valence electrons. The molecule has 1 aromatic carbocycles. The summed E-state index contributed by atoms with van der Waals surface area (Å²) in [6.07, 6.45) is 1.75. The third-order valence-corrected chi connectivity index (χ3v) is 4.46. The van der Waals surface area contributed by atoms with Crippen LogP contribution < -0.4 is 10.6 Å². The Hall–Kier alpha value is -2.25. The van der Waals surface area contributed by atoms with Gasteiger partial charge in [-0.2, -0.15) is 0 Å². The van der Waals surface area contributed by atoms with E-state index in [-0.39, 0.29) is 0 Å². The van der Waals surface area contributed by atoms with Crippen molar-refractivity contribution in [3.8, 4) is 10.6 Å². The Morgan fingerprint density at radius 1 is 1.12 bits per heavy atom. The largest absolute Gasteiger partial charge is 0.347 e. The lowest BCUT2D eigenvalue weighted by Crippen LogP contribution is -2.40. The van der Waals surface area contributed by atoms with Crippen LogP contribution in [0, 0.1) is 0 Å². The van der Waals surface area contributed by atoms with E-state index >= 15 is 0 Å². The highest BCUT2D eigenvalue weighted by atomic mass is 32.1. The zero-order chi connectivity index (χ0) is 17.4. The van der Waals surface area contributed by atoms with Crippen molar-refractivity contribution < 1.29 is 9.59 Å². The van der Waals surface area contributed by atoms with Gasteiger partial charge in [0.2, 0.25) is 0 Å². The summed E-state index contributed by atoms with van der Waals surface area (Å²) in [5.41, 5.74) is 1.56. The average molecular weight is 346 g/mol. The van der Waals surface area contributed by atoms with E-state index < -0.39 is 11.8 Å². The number of aromatic nitrogens is 1. The molecule has 1 heterocycles. The molecule has 24 heavy (non-hydrogen) atoms. The van der Waals surface area contributed by atoms with Crippen molar-refractivity contribution in [1.82, 2.24) is 15.2 Å². The highest BCUT2D eigenvalue weighted by molar-refractivity contribution is 7.13. The third kappa shape index (κ3) is 5.14. The Morgan fingerprint density at radius 2 is 1.83 bits per heavy atom. The van der Waals surface area contributed by atoms with Crippen molar-refractivity contribution >= 4 is 28.8 Å². The van der Waals surface area contributed by atoms with Gasteiger partial charge in [0.15, 0.2) is 0 Å². The molecule has 1 aromatic heterocycles.